The van der Waals surface area contributed by atoms with Gasteiger partial charge in [-0.3, -0.25) is 0 Å². The molecule has 1 saturated carbocycles. The molecule has 1 fully saturated rings. The van der Waals surface area contributed by atoms with Gasteiger partial charge in [0.05, 0.1) is 11.4 Å². The van der Waals surface area contributed by atoms with Gasteiger partial charge in [-0.05, 0) is 43.9 Å². The summed E-state index contributed by atoms with van der Waals surface area (Å²) in [6.07, 6.45) is 5.01. The standard InChI is InChI=1S/C12H17BrN2/c1-2-12(6-3-7-12)15-11-8-9(13)4-5-10(11)14/h4-5,8,15H,2-3,6-7,14H2,1H3. The van der Waals surface area contributed by atoms with E-state index in [-0.39, 0.29) is 0 Å². The number of rotatable bonds is 3. The minimum absolute atomic E-state index is 0.301. The summed E-state index contributed by atoms with van der Waals surface area (Å²) in [4.78, 5) is 0. The number of nitrogens with one attached hydrogen (secondary N) is 1. The number of nitrogens with two attached hydrogens (primary N) is 1. The van der Waals surface area contributed by atoms with Crippen LogP contribution in [0.2, 0.25) is 0 Å². The third kappa shape index (κ3) is 2.12. The molecule has 0 aromatic heterocycles. The van der Waals surface area contributed by atoms with Gasteiger partial charge in [-0.25, -0.2) is 0 Å². The highest BCUT2D eigenvalue weighted by atomic mass is 79.9. The van der Waals surface area contributed by atoms with Gasteiger partial charge in [0.15, 0.2) is 0 Å². The summed E-state index contributed by atoms with van der Waals surface area (Å²) in [6.45, 7) is 2.24. The lowest BCUT2D eigenvalue weighted by atomic mass is 9.74. The van der Waals surface area contributed by atoms with Crippen molar-refractivity contribution in [1.82, 2.24) is 0 Å². The number of hydrogen-bond donors (Lipinski definition) is 2. The number of anilines is 2. The van der Waals surface area contributed by atoms with Crippen molar-refractivity contribution in [3.63, 3.8) is 0 Å². The van der Waals surface area contributed by atoms with Crippen LogP contribution >= 0.6 is 15.9 Å². The van der Waals surface area contributed by atoms with E-state index in [2.05, 4.69) is 34.2 Å². The molecule has 0 heterocycles. The third-order valence-electron chi connectivity index (χ3n) is 3.40. The van der Waals surface area contributed by atoms with Crippen LogP contribution < -0.4 is 11.1 Å². The lowest BCUT2D eigenvalue weighted by Gasteiger charge is -2.43. The van der Waals surface area contributed by atoms with Gasteiger partial charge >= 0.3 is 0 Å². The molecule has 1 aromatic rings. The molecule has 0 atom stereocenters. The molecule has 0 aliphatic heterocycles. The summed E-state index contributed by atoms with van der Waals surface area (Å²) in [5.41, 5.74) is 8.14. The van der Waals surface area contributed by atoms with Crippen LogP contribution in [0.25, 0.3) is 0 Å². The number of benzene rings is 1. The Morgan fingerprint density at radius 3 is 2.73 bits per heavy atom. The molecule has 15 heavy (non-hydrogen) atoms. The summed E-state index contributed by atoms with van der Waals surface area (Å²) in [7, 11) is 0. The van der Waals surface area contributed by atoms with Gasteiger partial charge in [-0.2, -0.15) is 0 Å². The molecule has 0 spiro atoms. The van der Waals surface area contributed by atoms with Crippen molar-refractivity contribution >= 4 is 27.3 Å². The lowest BCUT2D eigenvalue weighted by molar-refractivity contribution is 0.269. The minimum Gasteiger partial charge on any atom is -0.397 e. The Morgan fingerprint density at radius 2 is 2.20 bits per heavy atom. The Bertz CT molecular complexity index is 353. The first kappa shape index (κ1) is 10.8. The van der Waals surface area contributed by atoms with Gasteiger partial charge in [-0.1, -0.05) is 22.9 Å². The van der Waals surface area contributed by atoms with Crippen LogP contribution in [0.4, 0.5) is 11.4 Å². The second-order valence-electron chi connectivity index (χ2n) is 4.34. The number of hydrogen-bond acceptors (Lipinski definition) is 2. The minimum atomic E-state index is 0.301. The molecule has 0 amide bonds. The van der Waals surface area contributed by atoms with Crippen LogP contribution in [0, 0.1) is 0 Å². The predicted molar refractivity (Wildman–Crippen MR) is 69.1 cm³/mol. The highest BCUT2D eigenvalue weighted by Crippen LogP contribution is 2.39. The molecule has 2 rings (SSSR count). The van der Waals surface area contributed by atoms with Crippen molar-refractivity contribution in [2.45, 2.75) is 38.1 Å². The van der Waals surface area contributed by atoms with Crippen molar-refractivity contribution < 1.29 is 0 Å². The van der Waals surface area contributed by atoms with Gasteiger partial charge in [-0.15, -0.1) is 0 Å². The summed E-state index contributed by atoms with van der Waals surface area (Å²) in [6, 6.07) is 5.97. The molecular weight excluding hydrogens is 252 g/mol. The SMILES string of the molecule is CCC1(Nc2cc(Br)ccc2N)CCC1. The predicted octanol–water partition coefficient (Wildman–Crippen LogP) is 3.78. The van der Waals surface area contributed by atoms with Crippen molar-refractivity contribution in [1.29, 1.82) is 0 Å². The first-order valence-electron chi connectivity index (χ1n) is 5.48. The topological polar surface area (TPSA) is 38.0 Å². The molecule has 1 aliphatic carbocycles. The van der Waals surface area contributed by atoms with Crippen molar-refractivity contribution in [3.8, 4) is 0 Å². The Kier molecular flexibility index (Phi) is 2.91. The smallest absolute Gasteiger partial charge is 0.0589 e. The van der Waals surface area contributed by atoms with Crippen LogP contribution in [0.1, 0.15) is 32.6 Å². The Balaban J connectivity index is 2.19. The molecule has 1 aliphatic rings. The fourth-order valence-corrected chi connectivity index (χ4v) is 2.45. The van der Waals surface area contributed by atoms with E-state index in [4.69, 9.17) is 5.73 Å². The zero-order chi connectivity index (χ0) is 10.9. The lowest BCUT2D eigenvalue weighted by Crippen LogP contribution is -2.44. The zero-order valence-corrected chi connectivity index (χ0v) is 10.6. The fraction of sp³-hybridized carbons (Fsp3) is 0.500. The maximum atomic E-state index is 5.95. The highest BCUT2D eigenvalue weighted by molar-refractivity contribution is 9.10. The largest absolute Gasteiger partial charge is 0.397 e. The summed E-state index contributed by atoms with van der Waals surface area (Å²) >= 11 is 3.47. The Labute approximate surface area is 99.4 Å². The molecule has 82 valence electrons. The first-order valence-corrected chi connectivity index (χ1v) is 6.28. The van der Waals surface area contributed by atoms with Gasteiger partial charge in [0, 0.05) is 10.0 Å². The average molecular weight is 269 g/mol. The van der Waals surface area contributed by atoms with Crippen LogP contribution in [0.3, 0.4) is 0 Å². The van der Waals surface area contributed by atoms with Gasteiger partial charge in [0.25, 0.3) is 0 Å². The molecular formula is C12H17BrN2. The monoisotopic (exact) mass is 268 g/mol. The van der Waals surface area contributed by atoms with Crippen molar-refractivity contribution in [3.05, 3.63) is 22.7 Å². The first-order chi connectivity index (χ1) is 7.15. The van der Waals surface area contributed by atoms with Crippen LogP contribution in [-0.4, -0.2) is 5.54 Å². The maximum absolute atomic E-state index is 5.95. The molecule has 3 N–H and O–H groups in total. The number of nitrogen functional groups attached to an aromatic ring is 1. The normalized spacial score (nSPS) is 18.3. The van der Waals surface area contributed by atoms with Crippen molar-refractivity contribution in [2.24, 2.45) is 0 Å². The van der Waals surface area contributed by atoms with Gasteiger partial charge in [0.1, 0.15) is 0 Å². The molecule has 0 unspecified atom stereocenters. The molecule has 2 nitrogen and oxygen atoms in total. The summed E-state index contributed by atoms with van der Waals surface area (Å²) in [5, 5.41) is 3.60. The summed E-state index contributed by atoms with van der Waals surface area (Å²) < 4.78 is 1.07. The number of halogens is 1. The molecule has 3 heteroatoms. The van der Waals surface area contributed by atoms with Crippen LogP contribution in [0.5, 0.6) is 0 Å². The maximum Gasteiger partial charge on any atom is 0.0589 e. The molecule has 0 bridgehead atoms. The fourth-order valence-electron chi connectivity index (χ4n) is 2.09. The molecule has 0 radical (unpaired) electrons. The zero-order valence-electron chi connectivity index (χ0n) is 9.02. The Morgan fingerprint density at radius 1 is 1.47 bits per heavy atom. The highest BCUT2D eigenvalue weighted by Gasteiger charge is 2.35. The van der Waals surface area contributed by atoms with E-state index in [0.717, 1.165) is 15.8 Å². The molecule has 1 aromatic carbocycles. The van der Waals surface area contributed by atoms with Crippen molar-refractivity contribution in [2.75, 3.05) is 11.1 Å². The van der Waals surface area contributed by atoms with Gasteiger partial charge in [0.2, 0.25) is 0 Å². The van der Waals surface area contributed by atoms with E-state index in [1.807, 2.05) is 12.1 Å². The quantitative estimate of drug-likeness (QED) is 0.819. The van der Waals surface area contributed by atoms with Gasteiger partial charge < -0.3 is 11.1 Å². The summed E-state index contributed by atoms with van der Waals surface area (Å²) in [5.74, 6) is 0. The third-order valence-corrected chi connectivity index (χ3v) is 3.90. The van der Waals surface area contributed by atoms with E-state index in [0.29, 0.717) is 5.54 Å². The second kappa shape index (κ2) is 4.05. The molecule has 0 saturated heterocycles. The van der Waals surface area contributed by atoms with E-state index in [1.165, 1.54) is 25.7 Å². The van der Waals surface area contributed by atoms with E-state index >= 15 is 0 Å². The van der Waals surface area contributed by atoms with Crippen LogP contribution in [-0.2, 0) is 0 Å². The van der Waals surface area contributed by atoms with E-state index in [9.17, 15) is 0 Å². The second-order valence-corrected chi connectivity index (χ2v) is 5.26. The van der Waals surface area contributed by atoms with Crippen LogP contribution in [0.15, 0.2) is 22.7 Å². The van der Waals surface area contributed by atoms with E-state index < -0.39 is 0 Å². The average Bonchev–Trinajstić information content (AvgIpc) is 2.17. The Hall–Kier alpha value is -0.700. The van der Waals surface area contributed by atoms with E-state index in [1.54, 1.807) is 0 Å².